The molecule has 0 aliphatic rings. The Kier molecular flexibility index (Phi) is 3.60. The van der Waals surface area contributed by atoms with Crippen molar-refractivity contribution in [1.82, 2.24) is 14.8 Å². The fourth-order valence-electron chi connectivity index (χ4n) is 1.81. The van der Waals surface area contributed by atoms with E-state index in [0.717, 1.165) is 23.8 Å². The molecule has 0 saturated heterocycles. The second-order valence-corrected chi connectivity index (χ2v) is 4.11. The Balaban J connectivity index is 2.13. The van der Waals surface area contributed by atoms with Gasteiger partial charge in [0, 0.05) is 12.6 Å². The van der Waals surface area contributed by atoms with Crippen LogP contribution in [0, 0.1) is 19.7 Å². The van der Waals surface area contributed by atoms with E-state index in [2.05, 4.69) is 10.2 Å². The zero-order chi connectivity index (χ0) is 13.1. The van der Waals surface area contributed by atoms with Crippen molar-refractivity contribution in [1.29, 1.82) is 0 Å². The third-order valence-electron chi connectivity index (χ3n) is 2.84. The van der Waals surface area contributed by atoms with Gasteiger partial charge in [-0.3, -0.25) is 0 Å². The number of aromatic nitrogens is 3. The number of aryl methyl sites for hydroxylation is 2. The van der Waals surface area contributed by atoms with Gasteiger partial charge in [-0.2, -0.15) is 0 Å². The Morgan fingerprint density at radius 2 is 2.06 bits per heavy atom. The topological polar surface area (TPSA) is 39.9 Å². The van der Waals surface area contributed by atoms with Gasteiger partial charge in [-0.05, 0) is 32.4 Å². The summed E-state index contributed by atoms with van der Waals surface area (Å²) in [4.78, 5) is 0. The Morgan fingerprint density at radius 3 is 2.78 bits per heavy atom. The first-order valence-corrected chi connectivity index (χ1v) is 5.89. The van der Waals surface area contributed by atoms with Crippen LogP contribution in [0.15, 0.2) is 18.2 Å². The van der Waals surface area contributed by atoms with E-state index >= 15 is 0 Å². The molecule has 1 aromatic carbocycles. The Morgan fingerprint density at radius 1 is 1.28 bits per heavy atom. The van der Waals surface area contributed by atoms with Crippen LogP contribution in [-0.2, 0) is 13.2 Å². The molecule has 0 fully saturated rings. The van der Waals surface area contributed by atoms with Gasteiger partial charge in [-0.1, -0.05) is 6.07 Å². The number of benzene rings is 1. The first kappa shape index (κ1) is 12.5. The molecular formula is C13H16FN3O. The molecule has 1 aromatic heterocycles. The highest BCUT2D eigenvalue weighted by Crippen LogP contribution is 2.19. The summed E-state index contributed by atoms with van der Waals surface area (Å²) >= 11 is 0. The van der Waals surface area contributed by atoms with Crippen molar-refractivity contribution >= 4 is 0 Å². The van der Waals surface area contributed by atoms with Crippen molar-refractivity contribution in [3.63, 3.8) is 0 Å². The van der Waals surface area contributed by atoms with Crippen LogP contribution < -0.4 is 4.74 Å². The number of ether oxygens (including phenoxy) is 1. The summed E-state index contributed by atoms with van der Waals surface area (Å²) < 4.78 is 20.7. The van der Waals surface area contributed by atoms with Crippen molar-refractivity contribution in [3.8, 4) is 5.75 Å². The van der Waals surface area contributed by atoms with Gasteiger partial charge < -0.3 is 9.30 Å². The zero-order valence-corrected chi connectivity index (χ0v) is 10.8. The van der Waals surface area contributed by atoms with E-state index in [1.807, 2.05) is 25.3 Å². The van der Waals surface area contributed by atoms with E-state index in [1.54, 1.807) is 6.07 Å². The van der Waals surface area contributed by atoms with E-state index in [1.165, 1.54) is 12.1 Å². The predicted molar refractivity (Wildman–Crippen MR) is 65.9 cm³/mol. The zero-order valence-electron chi connectivity index (χ0n) is 10.8. The summed E-state index contributed by atoms with van der Waals surface area (Å²) in [5.41, 5.74) is 0.899. The van der Waals surface area contributed by atoms with Crippen molar-refractivity contribution in [2.24, 2.45) is 0 Å². The van der Waals surface area contributed by atoms with Crippen molar-refractivity contribution < 1.29 is 9.13 Å². The largest absolute Gasteiger partial charge is 0.485 e. The van der Waals surface area contributed by atoms with Crippen LogP contribution in [0.5, 0.6) is 5.75 Å². The summed E-state index contributed by atoms with van der Waals surface area (Å²) in [5.74, 6) is 1.84. The molecule has 0 bridgehead atoms. The predicted octanol–water partition coefficient (Wildman–Crippen LogP) is 2.63. The van der Waals surface area contributed by atoms with E-state index in [9.17, 15) is 4.39 Å². The average molecular weight is 249 g/mol. The lowest BCUT2D eigenvalue weighted by molar-refractivity contribution is 0.286. The minimum absolute atomic E-state index is 0.291. The second-order valence-electron chi connectivity index (χ2n) is 4.11. The molecule has 0 saturated carbocycles. The highest BCUT2D eigenvalue weighted by atomic mass is 19.1. The number of rotatable bonds is 4. The molecule has 0 radical (unpaired) electrons. The van der Waals surface area contributed by atoms with Gasteiger partial charge in [0.1, 0.15) is 24.0 Å². The van der Waals surface area contributed by atoms with Crippen LogP contribution in [0.4, 0.5) is 4.39 Å². The fraction of sp³-hybridized carbons (Fsp3) is 0.385. The summed E-state index contributed by atoms with van der Waals surface area (Å²) in [6.45, 7) is 6.88. The Bertz CT molecular complexity index is 551. The summed E-state index contributed by atoms with van der Waals surface area (Å²) in [6.07, 6.45) is 0. The van der Waals surface area contributed by atoms with Gasteiger partial charge >= 0.3 is 0 Å². The fourth-order valence-corrected chi connectivity index (χ4v) is 1.81. The molecule has 0 atom stereocenters. The average Bonchev–Trinajstić information content (AvgIpc) is 2.71. The molecular weight excluding hydrogens is 233 g/mol. The third-order valence-corrected chi connectivity index (χ3v) is 2.84. The molecule has 18 heavy (non-hydrogen) atoms. The highest BCUT2D eigenvalue weighted by Gasteiger charge is 2.09. The molecule has 0 N–H and O–H groups in total. The molecule has 0 aliphatic heterocycles. The van der Waals surface area contributed by atoms with Gasteiger partial charge in [0.05, 0.1) is 0 Å². The maximum Gasteiger partial charge on any atom is 0.171 e. The van der Waals surface area contributed by atoms with E-state index < -0.39 is 0 Å². The number of nitrogens with zero attached hydrogens (tertiary/aromatic N) is 3. The number of halogens is 1. The minimum Gasteiger partial charge on any atom is -0.485 e. The lowest BCUT2D eigenvalue weighted by atomic mass is 10.2. The Hall–Kier alpha value is -1.91. The third kappa shape index (κ3) is 2.50. The SMILES string of the molecule is CCn1c(C)nnc1COc1cc(F)ccc1C. The smallest absolute Gasteiger partial charge is 0.171 e. The molecule has 0 unspecified atom stereocenters. The normalized spacial score (nSPS) is 10.7. The van der Waals surface area contributed by atoms with Crippen LogP contribution in [-0.4, -0.2) is 14.8 Å². The Labute approximate surface area is 105 Å². The van der Waals surface area contributed by atoms with E-state index in [0.29, 0.717) is 12.4 Å². The molecule has 2 rings (SSSR count). The van der Waals surface area contributed by atoms with Gasteiger partial charge in [0.25, 0.3) is 0 Å². The standard InChI is InChI=1S/C13H16FN3O/c1-4-17-10(3)15-16-13(17)8-18-12-7-11(14)6-5-9(12)2/h5-7H,4,8H2,1-3H3. The lowest BCUT2D eigenvalue weighted by Gasteiger charge is -2.09. The quantitative estimate of drug-likeness (QED) is 0.836. The van der Waals surface area contributed by atoms with Crippen LogP contribution in [0.25, 0.3) is 0 Å². The molecule has 5 heteroatoms. The second kappa shape index (κ2) is 5.16. The van der Waals surface area contributed by atoms with E-state index in [-0.39, 0.29) is 5.82 Å². The molecule has 2 aromatic rings. The van der Waals surface area contributed by atoms with Gasteiger partial charge in [-0.25, -0.2) is 4.39 Å². The summed E-state index contributed by atoms with van der Waals surface area (Å²) in [5, 5.41) is 8.05. The maximum atomic E-state index is 13.1. The van der Waals surface area contributed by atoms with Crippen LogP contribution >= 0.6 is 0 Å². The monoisotopic (exact) mass is 249 g/mol. The molecule has 96 valence electrons. The van der Waals surface area contributed by atoms with E-state index in [4.69, 9.17) is 4.74 Å². The summed E-state index contributed by atoms with van der Waals surface area (Å²) in [6, 6.07) is 4.50. The molecule has 4 nitrogen and oxygen atoms in total. The van der Waals surface area contributed by atoms with Crippen molar-refractivity contribution in [2.45, 2.75) is 33.9 Å². The van der Waals surface area contributed by atoms with Gasteiger partial charge in [0.15, 0.2) is 5.82 Å². The van der Waals surface area contributed by atoms with Gasteiger partial charge in [-0.15, -0.1) is 10.2 Å². The van der Waals surface area contributed by atoms with Crippen LogP contribution in [0.3, 0.4) is 0 Å². The van der Waals surface area contributed by atoms with Crippen LogP contribution in [0.1, 0.15) is 24.1 Å². The maximum absolute atomic E-state index is 13.1. The summed E-state index contributed by atoms with van der Waals surface area (Å²) in [7, 11) is 0. The molecule has 0 amide bonds. The molecule has 0 spiro atoms. The number of hydrogen-bond donors (Lipinski definition) is 0. The van der Waals surface area contributed by atoms with Crippen LogP contribution in [0.2, 0.25) is 0 Å². The van der Waals surface area contributed by atoms with Gasteiger partial charge in [0.2, 0.25) is 0 Å². The van der Waals surface area contributed by atoms with Crippen molar-refractivity contribution in [2.75, 3.05) is 0 Å². The first-order chi connectivity index (χ1) is 8.61. The highest BCUT2D eigenvalue weighted by molar-refractivity contribution is 5.32. The lowest BCUT2D eigenvalue weighted by Crippen LogP contribution is -2.07. The molecule has 1 heterocycles. The first-order valence-electron chi connectivity index (χ1n) is 5.89. The van der Waals surface area contributed by atoms with Crippen molar-refractivity contribution in [3.05, 3.63) is 41.2 Å². The molecule has 0 aliphatic carbocycles. The number of hydrogen-bond acceptors (Lipinski definition) is 3. The minimum atomic E-state index is -0.302.